The van der Waals surface area contributed by atoms with Crippen LogP contribution in [0.4, 0.5) is 0 Å². The largest absolute Gasteiger partial charge is 0.481 e. The van der Waals surface area contributed by atoms with E-state index in [2.05, 4.69) is 11.7 Å². The molecule has 2 atom stereocenters. The normalized spacial score (nSPS) is 34.6. The Morgan fingerprint density at radius 1 is 1.80 bits per heavy atom. The molecule has 0 aromatic heterocycles. The number of aliphatic carboxylic acids is 1. The summed E-state index contributed by atoms with van der Waals surface area (Å²) in [7, 11) is 0. The Balaban J connectivity index is 2.14. The van der Waals surface area contributed by atoms with Gasteiger partial charge in [-0.1, -0.05) is 0 Å². The van der Waals surface area contributed by atoms with Gasteiger partial charge in [0.2, 0.25) is 0 Å². The van der Waals surface area contributed by atoms with E-state index in [1.165, 1.54) is 0 Å². The van der Waals surface area contributed by atoms with Crippen LogP contribution in [0.15, 0.2) is 0 Å². The van der Waals surface area contributed by atoms with Gasteiger partial charge in [0.05, 0.1) is 5.92 Å². The van der Waals surface area contributed by atoms with Gasteiger partial charge >= 0.3 is 5.97 Å². The maximum Gasteiger partial charge on any atom is 0.308 e. The van der Waals surface area contributed by atoms with E-state index >= 15 is 0 Å². The van der Waals surface area contributed by atoms with Crippen LogP contribution >= 0.6 is 0 Å². The first-order valence-corrected chi connectivity index (χ1v) is 3.52. The van der Waals surface area contributed by atoms with E-state index in [0.717, 1.165) is 13.0 Å². The molecule has 0 aromatic carbocycles. The SMILES string of the molecule is O=C(O)C1CNCC12[CH]C2. The summed E-state index contributed by atoms with van der Waals surface area (Å²) in [5, 5.41) is 11.8. The molecule has 1 aliphatic carbocycles. The fourth-order valence-corrected chi connectivity index (χ4v) is 1.67. The van der Waals surface area contributed by atoms with Crippen LogP contribution in [-0.2, 0) is 4.79 Å². The van der Waals surface area contributed by atoms with Gasteiger partial charge in [-0.25, -0.2) is 0 Å². The van der Waals surface area contributed by atoms with Gasteiger partial charge in [-0.05, 0) is 12.8 Å². The summed E-state index contributed by atoms with van der Waals surface area (Å²) in [6.45, 7) is 1.51. The van der Waals surface area contributed by atoms with Crippen molar-refractivity contribution in [1.82, 2.24) is 5.32 Å². The van der Waals surface area contributed by atoms with Crippen molar-refractivity contribution in [2.75, 3.05) is 13.1 Å². The first-order chi connectivity index (χ1) is 4.75. The third-order valence-corrected chi connectivity index (χ3v) is 2.52. The molecule has 2 fully saturated rings. The number of carbonyl (C=O) groups is 1. The average Bonchev–Trinajstić information content (AvgIpc) is 2.42. The van der Waals surface area contributed by atoms with Gasteiger partial charge in [-0.15, -0.1) is 0 Å². The Morgan fingerprint density at radius 2 is 2.50 bits per heavy atom. The first-order valence-electron chi connectivity index (χ1n) is 3.52. The van der Waals surface area contributed by atoms with Crippen molar-refractivity contribution in [3.63, 3.8) is 0 Å². The summed E-state index contributed by atoms with van der Waals surface area (Å²) >= 11 is 0. The van der Waals surface area contributed by atoms with Crippen molar-refractivity contribution >= 4 is 5.97 Å². The van der Waals surface area contributed by atoms with E-state index < -0.39 is 5.97 Å². The monoisotopic (exact) mass is 140 g/mol. The van der Waals surface area contributed by atoms with Crippen molar-refractivity contribution in [2.45, 2.75) is 6.42 Å². The van der Waals surface area contributed by atoms with Crippen molar-refractivity contribution in [1.29, 1.82) is 0 Å². The third-order valence-electron chi connectivity index (χ3n) is 2.52. The molecule has 1 spiro atoms. The van der Waals surface area contributed by atoms with E-state index in [9.17, 15) is 4.79 Å². The second kappa shape index (κ2) is 1.72. The van der Waals surface area contributed by atoms with Gasteiger partial charge in [0.15, 0.2) is 0 Å². The lowest BCUT2D eigenvalue weighted by Crippen LogP contribution is -2.23. The Labute approximate surface area is 59.4 Å². The Kier molecular flexibility index (Phi) is 1.06. The molecular formula is C7H10NO2. The summed E-state index contributed by atoms with van der Waals surface area (Å²) in [5.41, 5.74) is 0.0475. The summed E-state index contributed by atoms with van der Waals surface area (Å²) in [6.07, 6.45) is 3.09. The summed E-state index contributed by atoms with van der Waals surface area (Å²) < 4.78 is 0. The molecule has 0 bridgehead atoms. The van der Waals surface area contributed by atoms with Crippen LogP contribution in [-0.4, -0.2) is 24.2 Å². The Bertz CT molecular complexity index is 174. The molecule has 2 aliphatic rings. The van der Waals surface area contributed by atoms with Gasteiger partial charge in [-0.3, -0.25) is 4.79 Å². The molecule has 55 valence electrons. The minimum atomic E-state index is -0.654. The number of carboxylic acid groups (broad SMARTS) is 1. The Morgan fingerprint density at radius 3 is 2.90 bits per heavy atom. The minimum Gasteiger partial charge on any atom is -0.481 e. The van der Waals surface area contributed by atoms with Crippen LogP contribution in [0.2, 0.25) is 0 Å². The zero-order valence-electron chi connectivity index (χ0n) is 5.63. The molecule has 10 heavy (non-hydrogen) atoms. The number of rotatable bonds is 1. The van der Waals surface area contributed by atoms with Crippen molar-refractivity contribution in [3.8, 4) is 0 Å². The van der Waals surface area contributed by atoms with Crippen LogP contribution < -0.4 is 5.32 Å². The lowest BCUT2D eigenvalue weighted by atomic mass is 9.93. The average molecular weight is 140 g/mol. The standard InChI is InChI=1S/C7H10NO2/c9-6(10)5-3-8-4-7(5)1-2-7/h1,5,8H,2-4H2,(H,9,10). The maximum absolute atomic E-state index is 10.6. The maximum atomic E-state index is 10.6. The van der Waals surface area contributed by atoms with E-state index in [1.54, 1.807) is 0 Å². The predicted octanol–water partition coefficient (Wildman–Crippen LogP) is -0.115. The second-order valence-electron chi connectivity index (χ2n) is 3.16. The molecule has 3 heteroatoms. The topological polar surface area (TPSA) is 49.3 Å². The van der Waals surface area contributed by atoms with Gasteiger partial charge in [-0.2, -0.15) is 0 Å². The molecule has 2 rings (SSSR count). The van der Waals surface area contributed by atoms with Crippen LogP contribution in [0.3, 0.4) is 0 Å². The highest BCUT2D eigenvalue weighted by molar-refractivity contribution is 5.73. The molecule has 1 saturated carbocycles. The lowest BCUT2D eigenvalue weighted by Gasteiger charge is -2.09. The van der Waals surface area contributed by atoms with Crippen LogP contribution in [0, 0.1) is 17.8 Å². The predicted molar refractivity (Wildman–Crippen MR) is 35.3 cm³/mol. The molecular weight excluding hydrogens is 130 g/mol. The molecule has 0 aromatic rings. The van der Waals surface area contributed by atoms with E-state index in [1.807, 2.05) is 0 Å². The third kappa shape index (κ3) is 0.669. The zero-order chi connectivity index (χ0) is 7.19. The summed E-state index contributed by atoms with van der Waals surface area (Å²) in [5.74, 6) is -0.814. The van der Waals surface area contributed by atoms with Crippen LogP contribution in [0.1, 0.15) is 6.42 Å². The molecule has 1 aliphatic heterocycles. The van der Waals surface area contributed by atoms with Crippen LogP contribution in [0.25, 0.3) is 0 Å². The van der Waals surface area contributed by atoms with Crippen LogP contribution in [0.5, 0.6) is 0 Å². The van der Waals surface area contributed by atoms with Gasteiger partial charge < -0.3 is 10.4 Å². The quantitative estimate of drug-likeness (QED) is 0.534. The minimum absolute atomic E-state index is 0.0475. The van der Waals surface area contributed by atoms with E-state index in [-0.39, 0.29) is 11.3 Å². The number of hydrogen-bond acceptors (Lipinski definition) is 2. The smallest absolute Gasteiger partial charge is 0.308 e. The fraction of sp³-hybridized carbons (Fsp3) is 0.714. The van der Waals surface area contributed by atoms with Crippen molar-refractivity contribution in [3.05, 3.63) is 6.42 Å². The lowest BCUT2D eigenvalue weighted by molar-refractivity contribution is -0.142. The van der Waals surface area contributed by atoms with Gasteiger partial charge in [0, 0.05) is 18.5 Å². The van der Waals surface area contributed by atoms with E-state index in [0.29, 0.717) is 6.54 Å². The fourth-order valence-electron chi connectivity index (χ4n) is 1.67. The molecule has 2 N–H and O–H groups in total. The van der Waals surface area contributed by atoms with Crippen molar-refractivity contribution < 1.29 is 9.90 Å². The second-order valence-corrected chi connectivity index (χ2v) is 3.16. The number of hydrogen-bond donors (Lipinski definition) is 2. The first kappa shape index (κ1) is 6.16. The zero-order valence-corrected chi connectivity index (χ0v) is 5.63. The van der Waals surface area contributed by atoms with Gasteiger partial charge in [0.1, 0.15) is 0 Å². The molecule has 1 radical (unpaired) electrons. The molecule has 0 amide bonds. The molecule has 1 saturated heterocycles. The molecule has 3 nitrogen and oxygen atoms in total. The summed E-state index contributed by atoms with van der Waals surface area (Å²) in [4.78, 5) is 10.6. The van der Waals surface area contributed by atoms with E-state index in [4.69, 9.17) is 5.11 Å². The number of nitrogens with one attached hydrogen (secondary N) is 1. The molecule has 2 unspecified atom stereocenters. The Hall–Kier alpha value is -0.570. The summed E-state index contributed by atoms with van der Waals surface area (Å²) in [6, 6.07) is 0. The highest BCUT2D eigenvalue weighted by Gasteiger charge is 2.55. The van der Waals surface area contributed by atoms with Crippen molar-refractivity contribution in [2.24, 2.45) is 11.3 Å². The number of carboxylic acids is 1. The van der Waals surface area contributed by atoms with Gasteiger partial charge in [0.25, 0.3) is 0 Å². The highest BCUT2D eigenvalue weighted by atomic mass is 16.4. The molecule has 1 heterocycles. The highest BCUT2D eigenvalue weighted by Crippen LogP contribution is 2.52.